The molecule has 1 heterocycles. The van der Waals surface area contributed by atoms with Gasteiger partial charge in [-0.2, -0.15) is 0 Å². The molecule has 1 aromatic heterocycles. The monoisotopic (exact) mass is 448 g/mol. The zero-order chi connectivity index (χ0) is 23.2. The third-order valence-electron chi connectivity index (χ3n) is 5.88. The van der Waals surface area contributed by atoms with E-state index in [4.69, 9.17) is 14.5 Å². The van der Waals surface area contributed by atoms with Crippen LogP contribution < -0.4 is 9.47 Å². The predicted octanol–water partition coefficient (Wildman–Crippen LogP) is 6.77. The van der Waals surface area contributed by atoms with Crippen LogP contribution in [0.25, 0.3) is 22.2 Å². The molecule has 0 saturated heterocycles. The van der Waals surface area contributed by atoms with E-state index in [9.17, 15) is 0 Å². The first kappa shape index (κ1) is 21.8. The Morgan fingerprint density at radius 1 is 0.676 bits per heavy atom. The van der Waals surface area contributed by atoms with Crippen molar-refractivity contribution in [2.75, 3.05) is 13.2 Å². The van der Waals surface area contributed by atoms with Gasteiger partial charge in [-0.25, -0.2) is 4.98 Å². The Morgan fingerprint density at radius 3 is 2.09 bits per heavy atom. The molecular formula is C30H28N2O2. The fraction of sp³-hybridized carbons (Fsp3) is 0.167. The van der Waals surface area contributed by atoms with Crippen molar-refractivity contribution in [3.8, 4) is 22.6 Å². The van der Waals surface area contributed by atoms with Crippen molar-refractivity contribution in [2.45, 2.75) is 19.9 Å². The summed E-state index contributed by atoms with van der Waals surface area (Å²) in [5.74, 6) is 2.58. The van der Waals surface area contributed by atoms with Crippen LogP contribution in [0.4, 0.5) is 0 Å². The average Bonchev–Trinajstić information content (AvgIpc) is 3.23. The van der Waals surface area contributed by atoms with E-state index >= 15 is 0 Å². The van der Waals surface area contributed by atoms with Gasteiger partial charge >= 0.3 is 0 Å². The lowest BCUT2D eigenvalue weighted by molar-refractivity contribution is 0.266. The SMILES string of the molecule is CCOc1ccccc1OCCn1c(Cc2ccc(-c3ccccc3)cc2)nc2ccccc21. The van der Waals surface area contributed by atoms with Gasteiger partial charge in [-0.3, -0.25) is 0 Å². The molecule has 0 atom stereocenters. The molecule has 0 radical (unpaired) electrons. The molecule has 0 aliphatic carbocycles. The van der Waals surface area contributed by atoms with Crippen molar-refractivity contribution in [1.29, 1.82) is 0 Å². The number of benzene rings is 4. The molecular weight excluding hydrogens is 420 g/mol. The van der Waals surface area contributed by atoms with Crippen LogP contribution in [0.2, 0.25) is 0 Å². The molecule has 0 aliphatic rings. The zero-order valence-electron chi connectivity index (χ0n) is 19.4. The first-order valence-electron chi connectivity index (χ1n) is 11.7. The zero-order valence-corrected chi connectivity index (χ0v) is 19.4. The van der Waals surface area contributed by atoms with Gasteiger partial charge in [-0.1, -0.05) is 78.9 Å². The van der Waals surface area contributed by atoms with E-state index in [1.807, 2.05) is 43.3 Å². The molecule has 170 valence electrons. The van der Waals surface area contributed by atoms with Crippen LogP contribution in [0, 0.1) is 0 Å². The molecule has 0 amide bonds. The number of para-hydroxylation sites is 4. The van der Waals surface area contributed by atoms with Gasteiger partial charge < -0.3 is 14.0 Å². The Balaban J connectivity index is 1.35. The van der Waals surface area contributed by atoms with Gasteiger partial charge in [-0.15, -0.1) is 0 Å². The Labute approximate surface area is 200 Å². The van der Waals surface area contributed by atoms with Gasteiger partial charge in [0.1, 0.15) is 12.4 Å². The maximum Gasteiger partial charge on any atom is 0.161 e. The Kier molecular flexibility index (Phi) is 6.57. The van der Waals surface area contributed by atoms with Crippen LogP contribution in [0.15, 0.2) is 103 Å². The number of rotatable bonds is 9. The summed E-state index contributed by atoms with van der Waals surface area (Å²) in [6.07, 6.45) is 0.763. The molecule has 4 nitrogen and oxygen atoms in total. The molecule has 0 fully saturated rings. The quantitative estimate of drug-likeness (QED) is 0.250. The van der Waals surface area contributed by atoms with Gasteiger partial charge in [0.05, 0.1) is 24.2 Å². The fourth-order valence-corrected chi connectivity index (χ4v) is 4.23. The maximum absolute atomic E-state index is 6.11. The Morgan fingerprint density at radius 2 is 1.32 bits per heavy atom. The van der Waals surface area contributed by atoms with Crippen LogP contribution in [0.5, 0.6) is 11.5 Å². The number of nitrogens with zero attached hydrogens (tertiary/aromatic N) is 2. The third kappa shape index (κ3) is 4.81. The molecule has 5 rings (SSSR count). The van der Waals surface area contributed by atoms with Crippen molar-refractivity contribution >= 4 is 11.0 Å². The van der Waals surface area contributed by atoms with Crippen molar-refractivity contribution in [3.63, 3.8) is 0 Å². The molecule has 4 aromatic carbocycles. The summed E-state index contributed by atoms with van der Waals surface area (Å²) in [7, 11) is 0. The molecule has 0 N–H and O–H groups in total. The minimum absolute atomic E-state index is 0.532. The molecule has 5 aromatic rings. The summed E-state index contributed by atoms with van der Waals surface area (Å²) in [4.78, 5) is 4.94. The van der Waals surface area contributed by atoms with Crippen molar-refractivity contribution < 1.29 is 9.47 Å². The lowest BCUT2D eigenvalue weighted by Gasteiger charge is -2.14. The van der Waals surface area contributed by atoms with E-state index in [1.165, 1.54) is 16.7 Å². The van der Waals surface area contributed by atoms with Gasteiger partial charge in [-0.05, 0) is 47.9 Å². The number of imidazole rings is 1. The number of ether oxygens (including phenoxy) is 2. The van der Waals surface area contributed by atoms with Crippen LogP contribution in [-0.4, -0.2) is 22.8 Å². The summed E-state index contributed by atoms with van der Waals surface area (Å²) >= 11 is 0. The lowest BCUT2D eigenvalue weighted by atomic mass is 10.0. The molecule has 4 heteroatoms. The normalized spacial score (nSPS) is 11.0. The molecule has 0 unspecified atom stereocenters. The van der Waals surface area contributed by atoms with Gasteiger partial charge in [0, 0.05) is 6.42 Å². The molecule has 0 bridgehead atoms. The average molecular weight is 449 g/mol. The fourth-order valence-electron chi connectivity index (χ4n) is 4.23. The van der Waals surface area contributed by atoms with Gasteiger partial charge in [0.15, 0.2) is 11.5 Å². The smallest absolute Gasteiger partial charge is 0.161 e. The minimum Gasteiger partial charge on any atom is -0.490 e. The first-order chi connectivity index (χ1) is 16.8. The summed E-state index contributed by atoms with van der Waals surface area (Å²) in [5.41, 5.74) is 5.82. The topological polar surface area (TPSA) is 36.3 Å². The molecule has 34 heavy (non-hydrogen) atoms. The highest BCUT2D eigenvalue weighted by Gasteiger charge is 2.12. The van der Waals surface area contributed by atoms with Crippen molar-refractivity contribution in [1.82, 2.24) is 9.55 Å². The van der Waals surface area contributed by atoms with Crippen molar-refractivity contribution in [2.24, 2.45) is 0 Å². The largest absolute Gasteiger partial charge is 0.490 e. The van der Waals surface area contributed by atoms with E-state index in [1.54, 1.807) is 0 Å². The number of aromatic nitrogens is 2. The molecule has 0 aliphatic heterocycles. The van der Waals surface area contributed by atoms with E-state index in [0.29, 0.717) is 19.8 Å². The highest BCUT2D eigenvalue weighted by molar-refractivity contribution is 5.76. The summed E-state index contributed by atoms with van der Waals surface area (Å²) in [6.45, 7) is 3.83. The van der Waals surface area contributed by atoms with Crippen LogP contribution in [0.3, 0.4) is 0 Å². The van der Waals surface area contributed by atoms with Crippen LogP contribution in [0.1, 0.15) is 18.3 Å². The van der Waals surface area contributed by atoms with E-state index in [-0.39, 0.29) is 0 Å². The molecule has 0 spiro atoms. The summed E-state index contributed by atoms with van der Waals surface area (Å²) in [5, 5.41) is 0. The van der Waals surface area contributed by atoms with Crippen LogP contribution >= 0.6 is 0 Å². The highest BCUT2D eigenvalue weighted by atomic mass is 16.5. The summed E-state index contributed by atoms with van der Waals surface area (Å²) in [6, 6.07) is 35.3. The van der Waals surface area contributed by atoms with Crippen LogP contribution in [-0.2, 0) is 13.0 Å². The second-order valence-corrected chi connectivity index (χ2v) is 8.14. The maximum atomic E-state index is 6.11. The Hall–Kier alpha value is -4.05. The standard InChI is InChI=1S/C30H28N2O2/c1-2-33-28-14-8-9-15-29(28)34-21-20-32-27-13-7-6-12-26(27)31-30(32)22-23-16-18-25(19-17-23)24-10-4-3-5-11-24/h3-19H,2,20-22H2,1H3. The minimum atomic E-state index is 0.532. The summed E-state index contributed by atoms with van der Waals surface area (Å²) < 4.78 is 14.1. The van der Waals surface area contributed by atoms with E-state index < -0.39 is 0 Å². The number of fused-ring (bicyclic) bond motifs is 1. The lowest BCUT2D eigenvalue weighted by Crippen LogP contribution is -2.12. The second kappa shape index (κ2) is 10.3. The number of hydrogen-bond acceptors (Lipinski definition) is 3. The van der Waals surface area contributed by atoms with Gasteiger partial charge in [0.2, 0.25) is 0 Å². The number of hydrogen-bond donors (Lipinski definition) is 0. The van der Waals surface area contributed by atoms with Crippen molar-refractivity contribution in [3.05, 3.63) is 115 Å². The first-order valence-corrected chi connectivity index (χ1v) is 11.7. The van der Waals surface area contributed by atoms with E-state index in [0.717, 1.165) is 34.8 Å². The second-order valence-electron chi connectivity index (χ2n) is 8.14. The van der Waals surface area contributed by atoms with Gasteiger partial charge in [0.25, 0.3) is 0 Å². The van der Waals surface area contributed by atoms with E-state index in [2.05, 4.69) is 71.3 Å². The Bertz CT molecular complexity index is 1360. The highest BCUT2D eigenvalue weighted by Crippen LogP contribution is 2.27. The third-order valence-corrected chi connectivity index (χ3v) is 5.88. The predicted molar refractivity (Wildman–Crippen MR) is 138 cm³/mol. The molecule has 0 saturated carbocycles.